The molecule has 2 heterocycles. The Labute approximate surface area is 144 Å². The van der Waals surface area contributed by atoms with E-state index < -0.39 is 6.10 Å². The van der Waals surface area contributed by atoms with Gasteiger partial charge >= 0.3 is 0 Å². The van der Waals surface area contributed by atoms with Gasteiger partial charge in [-0.05, 0) is 38.3 Å². The zero-order chi connectivity index (χ0) is 17.1. The number of anilines is 1. The Morgan fingerprint density at radius 1 is 1.12 bits per heavy atom. The second-order valence-electron chi connectivity index (χ2n) is 7.19. The van der Waals surface area contributed by atoms with Gasteiger partial charge in [-0.1, -0.05) is 17.7 Å². The number of amides is 1. The van der Waals surface area contributed by atoms with E-state index in [9.17, 15) is 9.90 Å². The molecule has 0 aromatic heterocycles. The Hall–Kier alpha value is -1.59. The first-order valence-electron chi connectivity index (χ1n) is 9.04. The largest absolute Gasteiger partial charge is 0.390 e. The predicted molar refractivity (Wildman–Crippen MR) is 96.2 cm³/mol. The maximum atomic E-state index is 11.4. The van der Waals surface area contributed by atoms with Crippen LogP contribution in [0.25, 0.3) is 0 Å². The molecule has 0 bridgehead atoms. The van der Waals surface area contributed by atoms with Crippen LogP contribution in [-0.2, 0) is 4.79 Å². The van der Waals surface area contributed by atoms with Crippen molar-refractivity contribution in [3.63, 3.8) is 0 Å². The van der Waals surface area contributed by atoms with E-state index in [2.05, 4.69) is 41.4 Å². The van der Waals surface area contributed by atoms with Gasteiger partial charge in [0.25, 0.3) is 0 Å². The number of likely N-dealkylation sites (tertiary alicyclic amines) is 1. The van der Waals surface area contributed by atoms with Gasteiger partial charge in [-0.25, -0.2) is 0 Å². The second kappa shape index (κ2) is 7.53. The number of β-amino-alcohol motifs (C(OH)–C–C–N with tert-alkyl or cyclic N) is 1. The van der Waals surface area contributed by atoms with Crippen LogP contribution in [0.15, 0.2) is 24.3 Å². The van der Waals surface area contributed by atoms with E-state index in [0.717, 1.165) is 38.9 Å². The summed E-state index contributed by atoms with van der Waals surface area (Å²) in [7, 11) is 0. The van der Waals surface area contributed by atoms with Crippen molar-refractivity contribution in [3.05, 3.63) is 29.8 Å². The van der Waals surface area contributed by atoms with Crippen LogP contribution in [0.1, 0.15) is 31.7 Å². The topological polar surface area (TPSA) is 55.8 Å². The number of nitrogens with zero attached hydrogens (tertiary/aromatic N) is 2. The first-order valence-corrected chi connectivity index (χ1v) is 9.04. The van der Waals surface area contributed by atoms with Crippen molar-refractivity contribution < 1.29 is 9.90 Å². The van der Waals surface area contributed by atoms with Gasteiger partial charge in [0.15, 0.2) is 0 Å². The Kier molecular flexibility index (Phi) is 5.41. The van der Waals surface area contributed by atoms with E-state index >= 15 is 0 Å². The molecule has 0 unspecified atom stereocenters. The third-order valence-electron chi connectivity index (χ3n) is 5.37. The Morgan fingerprint density at radius 2 is 1.79 bits per heavy atom. The Balaban J connectivity index is 1.47. The number of carbonyl (C=O) groups is 1. The maximum Gasteiger partial charge on any atom is 0.219 e. The van der Waals surface area contributed by atoms with Crippen LogP contribution in [0, 0.1) is 6.92 Å². The highest BCUT2D eigenvalue weighted by molar-refractivity contribution is 5.73. The summed E-state index contributed by atoms with van der Waals surface area (Å²) < 4.78 is 0. The SMILES string of the molecule is CC(=O)N1CC[C@@H](NC2CCN(c3ccc(C)cc3)CC2)[C@H](O)C1. The van der Waals surface area contributed by atoms with Crippen molar-refractivity contribution in [2.24, 2.45) is 0 Å². The Morgan fingerprint density at radius 3 is 2.38 bits per heavy atom. The third-order valence-corrected chi connectivity index (χ3v) is 5.37. The number of rotatable bonds is 3. The lowest BCUT2D eigenvalue weighted by Gasteiger charge is -2.40. The fraction of sp³-hybridized carbons (Fsp3) is 0.632. The molecule has 5 nitrogen and oxygen atoms in total. The number of piperidine rings is 2. The normalized spacial score (nSPS) is 25.8. The molecule has 2 aliphatic heterocycles. The molecule has 2 saturated heterocycles. The molecule has 0 spiro atoms. The second-order valence-corrected chi connectivity index (χ2v) is 7.19. The van der Waals surface area contributed by atoms with E-state index in [-0.39, 0.29) is 11.9 Å². The van der Waals surface area contributed by atoms with Gasteiger partial charge in [0.1, 0.15) is 0 Å². The van der Waals surface area contributed by atoms with Gasteiger partial charge in [-0.3, -0.25) is 4.79 Å². The van der Waals surface area contributed by atoms with Gasteiger partial charge < -0.3 is 20.2 Å². The number of aliphatic hydroxyl groups excluding tert-OH is 1. The van der Waals surface area contributed by atoms with Crippen LogP contribution in [0.2, 0.25) is 0 Å². The predicted octanol–water partition coefficient (Wildman–Crippen LogP) is 1.54. The number of nitrogens with one attached hydrogen (secondary N) is 1. The van der Waals surface area contributed by atoms with Crippen molar-refractivity contribution in [2.45, 2.75) is 51.3 Å². The molecule has 1 amide bonds. The minimum atomic E-state index is -0.460. The summed E-state index contributed by atoms with van der Waals surface area (Å²) in [4.78, 5) is 15.6. The van der Waals surface area contributed by atoms with Crippen LogP contribution >= 0.6 is 0 Å². The number of benzene rings is 1. The third kappa shape index (κ3) is 4.08. The molecule has 0 aliphatic carbocycles. The molecule has 3 rings (SSSR count). The van der Waals surface area contributed by atoms with Crippen LogP contribution < -0.4 is 10.2 Å². The molecule has 0 saturated carbocycles. The lowest BCUT2D eigenvalue weighted by Crippen LogP contribution is -2.57. The lowest BCUT2D eigenvalue weighted by atomic mass is 9.97. The van der Waals surface area contributed by atoms with Gasteiger partial charge in [-0.2, -0.15) is 0 Å². The standard InChI is InChI=1S/C19H29N3O2/c1-14-3-5-17(6-4-14)21-10-7-16(8-11-21)20-18-9-12-22(15(2)23)13-19(18)24/h3-6,16,18-20,24H,7-13H2,1-2H3/t18-,19-/m1/s1. The number of carbonyl (C=O) groups excluding carboxylic acids is 1. The average molecular weight is 331 g/mol. The highest BCUT2D eigenvalue weighted by Crippen LogP contribution is 2.22. The quantitative estimate of drug-likeness (QED) is 0.882. The van der Waals surface area contributed by atoms with Crippen molar-refractivity contribution in [3.8, 4) is 0 Å². The number of aryl methyl sites for hydroxylation is 1. The van der Waals surface area contributed by atoms with Crippen LogP contribution in [0.4, 0.5) is 5.69 Å². The van der Waals surface area contributed by atoms with Gasteiger partial charge in [0, 0.05) is 50.9 Å². The zero-order valence-electron chi connectivity index (χ0n) is 14.7. The maximum absolute atomic E-state index is 11.4. The summed E-state index contributed by atoms with van der Waals surface area (Å²) >= 11 is 0. The number of hydrogen-bond donors (Lipinski definition) is 2. The molecule has 24 heavy (non-hydrogen) atoms. The summed E-state index contributed by atoms with van der Waals surface area (Å²) in [6.07, 6.45) is 2.55. The highest BCUT2D eigenvalue weighted by atomic mass is 16.3. The van der Waals surface area contributed by atoms with E-state index in [1.165, 1.54) is 11.3 Å². The summed E-state index contributed by atoms with van der Waals surface area (Å²) in [5.41, 5.74) is 2.59. The smallest absolute Gasteiger partial charge is 0.219 e. The molecule has 132 valence electrons. The van der Waals surface area contributed by atoms with Crippen molar-refractivity contribution >= 4 is 11.6 Å². The molecule has 1 aromatic rings. The van der Waals surface area contributed by atoms with Gasteiger partial charge in [0.05, 0.1) is 6.10 Å². The lowest BCUT2D eigenvalue weighted by molar-refractivity contribution is -0.132. The van der Waals surface area contributed by atoms with E-state index in [1.807, 2.05) is 0 Å². The number of aliphatic hydroxyl groups is 1. The first kappa shape index (κ1) is 17.2. The molecule has 2 fully saturated rings. The summed E-state index contributed by atoms with van der Waals surface area (Å²) in [6.45, 7) is 6.97. The van der Waals surface area contributed by atoms with Crippen LogP contribution in [0.3, 0.4) is 0 Å². The van der Waals surface area contributed by atoms with Gasteiger partial charge in [0.2, 0.25) is 5.91 Å². The molecular weight excluding hydrogens is 302 g/mol. The molecule has 1 aromatic carbocycles. The van der Waals surface area contributed by atoms with E-state index in [1.54, 1.807) is 11.8 Å². The van der Waals surface area contributed by atoms with Crippen molar-refractivity contribution in [1.29, 1.82) is 0 Å². The summed E-state index contributed by atoms with van der Waals surface area (Å²) in [6, 6.07) is 9.29. The Bertz CT molecular complexity index is 552. The van der Waals surface area contributed by atoms with Crippen LogP contribution in [-0.4, -0.2) is 60.3 Å². The molecule has 2 atom stereocenters. The van der Waals surface area contributed by atoms with Crippen molar-refractivity contribution in [2.75, 3.05) is 31.1 Å². The minimum absolute atomic E-state index is 0.0545. The van der Waals surface area contributed by atoms with Crippen LogP contribution in [0.5, 0.6) is 0 Å². The van der Waals surface area contributed by atoms with Gasteiger partial charge in [-0.15, -0.1) is 0 Å². The van der Waals surface area contributed by atoms with E-state index in [0.29, 0.717) is 12.6 Å². The molecule has 0 radical (unpaired) electrons. The van der Waals surface area contributed by atoms with E-state index in [4.69, 9.17) is 0 Å². The average Bonchev–Trinajstić information content (AvgIpc) is 2.58. The summed E-state index contributed by atoms with van der Waals surface area (Å²) in [5.74, 6) is 0.0545. The molecule has 2 N–H and O–H groups in total. The molecule has 5 heteroatoms. The minimum Gasteiger partial charge on any atom is -0.390 e. The summed E-state index contributed by atoms with van der Waals surface area (Å²) in [5, 5.41) is 13.9. The van der Waals surface area contributed by atoms with Crippen molar-refractivity contribution in [1.82, 2.24) is 10.2 Å². The molecule has 2 aliphatic rings. The zero-order valence-corrected chi connectivity index (χ0v) is 14.7. The first-order chi connectivity index (χ1) is 11.5. The monoisotopic (exact) mass is 331 g/mol. The highest BCUT2D eigenvalue weighted by Gasteiger charge is 2.31. The molecular formula is C19H29N3O2. The number of hydrogen-bond acceptors (Lipinski definition) is 4. The fourth-order valence-electron chi connectivity index (χ4n) is 3.77. The fourth-order valence-corrected chi connectivity index (χ4v) is 3.77.